The first-order valence-corrected chi connectivity index (χ1v) is 4.97. The molecule has 0 saturated carbocycles. The maximum absolute atomic E-state index is 10.9. The van der Waals surface area contributed by atoms with Gasteiger partial charge in [-0.15, -0.1) is 0 Å². The molecule has 1 aliphatic rings. The van der Waals surface area contributed by atoms with Crippen LogP contribution in [0.3, 0.4) is 0 Å². The molecule has 1 heterocycles. The molecule has 1 fully saturated rings. The average molecular weight is 207 g/mol. The van der Waals surface area contributed by atoms with Gasteiger partial charge >= 0.3 is 5.97 Å². The second-order valence-corrected chi connectivity index (χ2v) is 3.53. The molecule has 15 heavy (non-hydrogen) atoms. The Morgan fingerprint density at radius 2 is 2.27 bits per heavy atom. The van der Waals surface area contributed by atoms with Crippen LogP contribution in [0, 0.1) is 0 Å². The number of hydrogen-bond acceptors (Lipinski definition) is 3. The van der Waals surface area contributed by atoms with Crippen LogP contribution >= 0.6 is 0 Å². The largest absolute Gasteiger partial charge is 0.488 e. The molecular formula is C11H13NO3. The van der Waals surface area contributed by atoms with Gasteiger partial charge in [0.25, 0.3) is 0 Å². The van der Waals surface area contributed by atoms with E-state index in [9.17, 15) is 4.79 Å². The van der Waals surface area contributed by atoms with E-state index in [4.69, 9.17) is 9.84 Å². The molecule has 0 aromatic heterocycles. The maximum Gasteiger partial charge on any atom is 0.339 e. The summed E-state index contributed by atoms with van der Waals surface area (Å²) in [6.45, 7) is 1.72. The Morgan fingerprint density at radius 3 is 2.93 bits per heavy atom. The molecule has 4 heteroatoms. The van der Waals surface area contributed by atoms with Gasteiger partial charge in [-0.1, -0.05) is 12.1 Å². The highest BCUT2D eigenvalue weighted by atomic mass is 16.5. The third-order valence-electron chi connectivity index (χ3n) is 2.43. The molecule has 1 saturated heterocycles. The highest BCUT2D eigenvalue weighted by Gasteiger charge is 2.18. The summed E-state index contributed by atoms with van der Waals surface area (Å²) < 4.78 is 5.62. The molecule has 1 aliphatic heterocycles. The van der Waals surface area contributed by atoms with Gasteiger partial charge in [0.2, 0.25) is 0 Å². The summed E-state index contributed by atoms with van der Waals surface area (Å²) in [5.41, 5.74) is 0.226. The van der Waals surface area contributed by atoms with Crippen LogP contribution in [0.4, 0.5) is 0 Å². The maximum atomic E-state index is 10.9. The number of ether oxygens (including phenoxy) is 1. The number of benzene rings is 1. The van der Waals surface area contributed by atoms with Crippen molar-refractivity contribution in [2.45, 2.75) is 12.5 Å². The summed E-state index contributed by atoms with van der Waals surface area (Å²) in [6.07, 6.45) is 1.01. The second-order valence-electron chi connectivity index (χ2n) is 3.53. The predicted molar refractivity (Wildman–Crippen MR) is 55.3 cm³/mol. The molecule has 1 aromatic carbocycles. The van der Waals surface area contributed by atoms with Crippen molar-refractivity contribution in [3.63, 3.8) is 0 Å². The molecule has 1 unspecified atom stereocenters. The number of aromatic carboxylic acids is 1. The van der Waals surface area contributed by atoms with Crippen molar-refractivity contribution in [1.29, 1.82) is 0 Å². The molecule has 2 rings (SSSR count). The summed E-state index contributed by atoms with van der Waals surface area (Å²) >= 11 is 0. The SMILES string of the molecule is O=C(O)c1ccccc1OC1CCNC1. The van der Waals surface area contributed by atoms with E-state index in [-0.39, 0.29) is 11.7 Å². The molecule has 0 spiro atoms. The van der Waals surface area contributed by atoms with E-state index < -0.39 is 5.97 Å². The molecular weight excluding hydrogens is 194 g/mol. The Bertz CT molecular complexity index is 359. The normalized spacial score (nSPS) is 20.1. The van der Waals surface area contributed by atoms with Crippen molar-refractivity contribution < 1.29 is 14.6 Å². The number of carboxylic acid groups (broad SMARTS) is 1. The van der Waals surface area contributed by atoms with E-state index in [1.54, 1.807) is 24.3 Å². The first kappa shape index (κ1) is 9.98. The summed E-state index contributed by atoms with van der Waals surface area (Å²) in [5.74, 6) is -0.491. The van der Waals surface area contributed by atoms with Gasteiger partial charge in [0.05, 0.1) is 0 Å². The van der Waals surface area contributed by atoms with Crippen LogP contribution in [0.25, 0.3) is 0 Å². The monoisotopic (exact) mass is 207 g/mol. The minimum Gasteiger partial charge on any atom is -0.488 e. The highest BCUT2D eigenvalue weighted by molar-refractivity contribution is 5.90. The number of carbonyl (C=O) groups is 1. The van der Waals surface area contributed by atoms with E-state index in [0.717, 1.165) is 19.5 Å². The third-order valence-corrected chi connectivity index (χ3v) is 2.43. The van der Waals surface area contributed by atoms with E-state index in [0.29, 0.717) is 5.75 Å². The summed E-state index contributed by atoms with van der Waals surface area (Å²) in [5, 5.41) is 12.1. The molecule has 4 nitrogen and oxygen atoms in total. The summed E-state index contributed by atoms with van der Waals surface area (Å²) in [6, 6.07) is 6.73. The Hall–Kier alpha value is -1.55. The molecule has 1 atom stereocenters. The molecule has 1 aromatic rings. The van der Waals surface area contributed by atoms with Crippen LogP contribution in [-0.4, -0.2) is 30.3 Å². The van der Waals surface area contributed by atoms with Gasteiger partial charge in [-0.05, 0) is 25.1 Å². The van der Waals surface area contributed by atoms with Gasteiger partial charge in [-0.3, -0.25) is 0 Å². The topological polar surface area (TPSA) is 58.6 Å². The lowest BCUT2D eigenvalue weighted by atomic mass is 10.2. The van der Waals surface area contributed by atoms with Crippen LogP contribution in [0.5, 0.6) is 5.75 Å². The van der Waals surface area contributed by atoms with E-state index in [2.05, 4.69) is 5.32 Å². The lowest BCUT2D eigenvalue weighted by Crippen LogP contribution is -2.20. The zero-order valence-electron chi connectivity index (χ0n) is 8.27. The molecule has 0 radical (unpaired) electrons. The van der Waals surface area contributed by atoms with Crippen molar-refractivity contribution >= 4 is 5.97 Å². The van der Waals surface area contributed by atoms with Crippen molar-refractivity contribution in [2.24, 2.45) is 0 Å². The first-order chi connectivity index (χ1) is 7.27. The average Bonchev–Trinajstić information content (AvgIpc) is 2.71. The molecule has 0 aliphatic carbocycles. The van der Waals surface area contributed by atoms with Gasteiger partial charge in [0.15, 0.2) is 0 Å². The smallest absolute Gasteiger partial charge is 0.339 e. The number of carboxylic acids is 1. The fraction of sp³-hybridized carbons (Fsp3) is 0.364. The zero-order valence-corrected chi connectivity index (χ0v) is 8.27. The molecule has 2 N–H and O–H groups in total. The first-order valence-electron chi connectivity index (χ1n) is 4.97. The Morgan fingerprint density at radius 1 is 1.47 bits per heavy atom. The quantitative estimate of drug-likeness (QED) is 0.780. The number of nitrogens with one attached hydrogen (secondary N) is 1. The molecule has 80 valence electrons. The number of hydrogen-bond donors (Lipinski definition) is 2. The minimum absolute atomic E-state index is 0.0884. The minimum atomic E-state index is -0.948. The fourth-order valence-electron chi connectivity index (χ4n) is 1.65. The van der Waals surface area contributed by atoms with Crippen LogP contribution < -0.4 is 10.1 Å². The predicted octanol–water partition coefficient (Wildman–Crippen LogP) is 1.13. The highest BCUT2D eigenvalue weighted by Crippen LogP contribution is 2.20. The van der Waals surface area contributed by atoms with Crippen molar-refractivity contribution in [3.8, 4) is 5.75 Å². The van der Waals surface area contributed by atoms with Gasteiger partial charge in [-0.2, -0.15) is 0 Å². The fourth-order valence-corrected chi connectivity index (χ4v) is 1.65. The molecule has 0 amide bonds. The van der Waals surface area contributed by atoms with Crippen LogP contribution in [-0.2, 0) is 0 Å². The summed E-state index contributed by atoms with van der Waals surface area (Å²) in [7, 11) is 0. The van der Waals surface area contributed by atoms with Gasteiger partial charge in [0, 0.05) is 6.54 Å². The Labute approximate surface area is 87.9 Å². The van der Waals surface area contributed by atoms with Crippen molar-refractivity contribution in [2.75, 3.05) is 13.1 Å². The Kier molecular flexibility index (Phi) is 2.87. The van der Waals surface area contributed by atoms with E-state index in [1.807, 2.05) is 0 Å². The third kappa shape index (κ3) is 2.27. The number of para-hydroxylation sites is 1. The zero-order chi connectivity index (χ0) is 10.7. The standard InChI is InChI=1S/C11H13NO3/c13-11(14)9-3-1-2-4-10(9)15-8-5-6-12-7-8/h1-4,8,12H,5-7H2,(H,13,14). The van der Waals surface area contributed by atoms with Crippen LogP contribution in [0.15, 0.2) is 24.3 Å². The van der Waals surface area contributed by atoms with E-state index in [1.165, 1.54) is 0 Å². The molecule has 0 bridgehead atoms. The lowest BCUT2D eigenvalue weighted by molar-refractivity contribution is 0.0690. The lowest BCUT2D eigenvalue weighted by Gasteiger charge is -2.13. The van der Waals surface area contributed by atoms with E-state index >= 15 is 0 Å². The summed E-state index contributed by atoms with van der Waals surface area (Å²) in [4.78, 5) is 10.9. The van der Waals surface area contributed by atoms with Crippen LogP contribution in [0.1, 0.15) is 16.8 Å². The van der Waals surface area contributed by atoms with Gasteiger partial charge < -0.3 is 15.2 Å². The van der Waals surface area contributed by atoms with Crippen molar-refractivity contribution in [1.82, 2.24) is 5.32 Å². The van der Waals surface area contributed by atoms with Crippen LogP contribution in [0.2, 0.25) is 0 Å². The van der Waals surface area contributed by atoms with Gasteiger partial charge in [0.1, 0.15) is 17.4 Å². The number of rotatable bonds is 3. The van der Waals surface area contributed by atoms with Crippen molar-refractivity contribution in [3.05, 3.63) is 29.8 Å². The Balaban J connectivity index is 2.15. The second kappa shape index (κ2) is 4.31. The van der Waals surface area contributed by atoms with Gasteiger partial charge in [-0.25, -0.2) is 4.79 Å².